The van der Waals surface area contributed by atoms with Gasteiger partial charge in [-0.25, -0.2) is 0 Å². The van der Waals surface area contributed by atoms with Crippen LogP contribution in [0.25, 0.3) is 0 Å². The van der Waals surface area contributed by atoms with Crippen LogP contribution in [0.15, 0.2) is 0 Å². The zero-order chi connectivity index (χ0) is 8.97. The van der Waals surface area contributed by atoms with Crippen molar-refractivity contribution in [2.45, 2.75) is 25.2 Å². The topological polar surface area (TPSA) is 74.8 Å². The van der Waals surface area contributed by atoms with Crippen molar-refractivity contribution < 1.29 is 14.7 Å². The van der Waals surface area contributed by atoms with Crippen molar-refractivity contribution in [1.29, 1.82) is 0 Å². The third kappa shape index (κ3) is 2.37. The molecule has 0 bridgehead atoms. The monoisotopic (exact) mass is 177 g/mol. The summed E-state index contributed by atoms with van der Waals surface area (Å²) in [6.07, 6.45) is 0.0842. The van der Waals surface area contributed by atoms with E-state index < -0.39 is 6.29 Å². The summed E-state index contributed by atoms with van der Waals surface area (Å²) in [5.41, 5.74) is 2.05. The van der Waals surface area contributed by atoms with E-state index in [9.17, 15) is 0 Å². The van der Waals surface area contributed by atoms with Crippen molar-refractivity contribution in [1.82, 2.24) is 16.1 Å². The summed E-state index contributed by atoms with van der Waals surface area (Å²) in [7, 11) is 3.20. The van der Waals surface area contributed by atoms with Gasteiger partial charge < -0.3 is 14.7 Å². The van der Waals surface area contributed by atoms with Gasteiger partial charge in [0.15, 0.2) is 0 Å². The van der Waals surface area contributed by atoms with Gasteiger partial charge in [0.05, 0.1) is 0 Å². The lowest BCUT2D eigenvalue weighted by Crippen LogP contribution is -2.64. The van der Waals surface area contributed by atoms with Crippen LogP contribution in [0.2, 0.25) is 0 Å². The molecule has 2 unspecified atom stereocenters. The van der Waals surface area contributed by atoms with Gasteiger partial charge in [0.1, 0.15) is 18.7 Å². The molecule has 0 amide bonds. The van der Waals surface area contributed by atoms with Gasteiger partial charge in [-0.15, -0.1) is 0 Å². The second kappa shape index (κ2) is 4.70. The zero-order valence-corrected chi connectivity index (χ0v) is 7.20. The predicted molar refractivity (Wildman–Crippen MR) is 41.2 cm³/mol. The Morgan fingerprint density at radius 1 is 1.25 bits per heavy atom. The fourth-order valence-electron chi connectivity index (χ4n) is 1.15. The summed E-state index contributed by atoms with van der Waals surface area (Å²) in [5, 5.41) is 14.5. The van der Waals surface area contributed by atoms with Gasteiger partial charge in [-0.05, 0) is 0 Å². The highest BCUT2D eigenvalue weighted by Crippen LogP contribution is 2.05. The molecule has 6 nitrogen and oxygen atoms in total. The van der Waals surface area contributed by atoms with E-state index in [1.54, 1.807) is 14.2 Å². The van der Waals surface area contributed by atoms with Crippen molar-refractivity contribution >= 4 is 0 Å². The van der Waals surface area contributed by atoms with Gasteiger partial charge in [-0.1, -0.05) is 0 Å². The van der Waals surface area contributed by atoms with Gasteiger partial charge in [-0.2, -0.15) is 5.48 Å². The molecule has 72 valence electrons. The fraction of sp³-hybridized carbons (Fsp3) is 1.00. The lowest BCUT2D eigenvalue weighted by atomic mass is 10.3. The first-order valence-electron chi connectivity index (χ1n) is 3.77. The fourth-order valence-corrected chi connectivity index (χ4v) is 1.15. The number of hydrogen-bond donors (Lipinski definition) is 4. The molecule has 0 spiro atoms. The van der Waals surface area contributed by atoms with Gasteiger partial charge in [0.2, 0.25) is 0 Å². The van der Waals surface area contributed by atoms with Crippen molar-refractivity contribution in [3.05, 3.63) is 0 Å². The van der Waals surface area contributed by atoms with Crippen LogP contribution < -0.4 is 16.1 Å². The molecule has 0 radical (unpaired) electrons. The van der Waals surface area contributed by atoms with Crippen LogP contribution in [0, 0.1) is 0 Å². The number of rotatable bonds is 3. The Bertz CT molecular complexity index is 105. The van der Waals surface area contributed by atoms with Crippen LogP contribution in [-0.2, 0) is 9.47 Å². The first-order valence-corrected chi connectivity index (χ1v) is 3.77. The van der Waals surface area contributed by atoms with Gasteiger partial charge in [-0.3, -0.25) is 10.6 Å². The highest BCUT2D eigenvalue weighted by atomic mass is 16.5. The van der Waals surface area contributed by atoms with Crippen LogP contribution in [0.5, 0.6) is 0 Å². The molecule has 0 saturated carbocycles. The van der Waals surface area contributed by atoms with E-state index in [-0.39, 0.29) is 12.5 Å². The molecule has 1 aliphatic heterocycles. The molecule has 0 aromatic carbocycles. The normalized spacial score (nSPS) is 36.8. The molecule has 4 N–H and O–H groups in total. The Kier molecular flexibility index (Phi) is 3.86. The Labute approximate surface area is 71.2 Å². The number of nitrogens with one attached hydrogen (secondary N) is 3. The molecule has 0 aromatic heterocycles. The highest BCUT2D eigenvalue weighted by Gasteiger charge is 2.26. The predicted octanol–water partition coefficient (Wildman–Crippen LogP) is -1.22. The van der Waals surface area contributed by atoms with Crippen molar-refractivity contribution in [3.63, 3.8) is 0 Å². The molecule has 0 aliphatic carbocycles. The maximum atomic E-state index is 8.63. The second-order valence-corrected chi connectivity index (χ2v) is 2.58. The quantitative estimate of drug-likeness (QED) is 0.405. The minimum atomic E-state index is -0.395. The smallest absolute Gasteiger partial charge is 0.138 e. The average Bonchev–Trinajstić information content (AvgIpc) is 2.16. The van der Waals surface area contributed by atoms with E-state index in [1.807, 2.05) is 0 Å². The summed E-state index contributed by atoms with van der Waals surface area (Å²) in [5.74, 6) is 0. The first-order chi connectivity index (χ1) is 5.80. The summed E-state index contributed by atoms with van der Waals surface area (Å²) in [6.45, 7) is 0. The number of methoxy groups -OCH3 is 2. The van der Waals surface area contributed by atoms with E-state index in [1.165, 1.54) is 0 Å². The van der Waals surface area contributed by atoms with Crippen molar-refractivity contribution in [3.8, 4) is 0 Å². The summed E-state index contributed by atoms with van der Waals surface area (Å²) >= 11 is 0. The average molecular weight is 177 g/mol. The SMILES string of the molecule is COC1CC(OC)NC(NO)N1. The van der Waals surface area contributed by atoms with Crippen LogP contribution in [0.1, 0.15) is 6.42 Å². The molecule has 6 heteroatoms. The van der Waals surface area contributed by atoms with Crippen LogP contribution in [0.4, 0.5) is 0 Å². The van der Waals surface area contributed by atoms with Gasteiger partial charge in [0.25, 0.3) is 0 Å². The van der Waals surface area contributed by atoms with Crippen LogP contribution >= 0.6 is 0 Å². The van der Waals surface area contributed by atoms with E-state index in [0.717, 1.165) is 0 Å². The molecule has 0 aromatic rings. The molecule has 1 fully saturated rings. The standard InChI is InChI=1S/C6H15N3O3/c1-11-4-3-5(12-2)8-6(7-4)9-10/h4-10H,3H2,1-2H3. The second-order valence-electron chi connectivity index (χ2n) is 2.58. The number of hydrogen-bond acceptors (Lipinski definition) is 6. The molecular formula is C6H15N3O3. The minimum absolute atomic E-state index is 0.110. The van der Waals surface area contributed by atoms with E-state index in [2.05, 4.69) is 16.1 Å². The highest BCUT2D eigenvalue weighted by molar-refractivity contribution is 4.74. The molecule has 1 rings (SSSR count). The Hall–Kier alpha value is -0.240. The molecule has 12 heavy (non-hydrogen) atoms. The number of ether oxygens (including phenoxy) is 2. The Balaban J connectivity index is 2.41. The maximum absolute atomic E-state index is 8.63. The summed E-state index contributed by atoms with van der Waals surface area (Å²) < 4.78 is 10.1. The molecule has 1 saturated heterocycles. The Morgan fingerprint density at radius 3 is 2.08 bits per heavy atom. The van der Waals surface area contributed by atoms with E-state index in [0.29, 0.717) is 6.42 Å². The third-order valence-electron chi connectivity index (χ3n) is 1.83. The van der Waals surface area contributed by atoms with Gasteiger partial charge in [0, 0.05) is 20.6 Å². The summed E-state index contributed by atoms with van der Waals surface area (Å²) in [4.78, 5) is 0. The Morgan fingerprint density at radius 2 is 1.75 bits per heavy atom. The summed E-state index contributed by atoms with van der Waals surface area (Å²) in [6, 6.07) is 0. The largest absolute Gasteiger partial charge is 0.366 e. The van der Waals surface area contributed by atoms with Crippen molar-refractivity contribution in [2.24, 2.45) is 0 Å². The van der Waals surface area contributed by atoms with Crippen LogP contribution in [-0.4, -0.2) is 38.2 Å². The molecule has 1 aliphatic rings. The maximum Gasteiger partial charge on any atom is 0.138 e. The third-order valence-corrected chi connectivity index (χ3v) is 1.83. The molecule has 1 heterocycles. The van der Waals surface area contributed by atoms with Crippen LogP contribution in [0.3, 0.4) is 0 Å². The molecule has 2 atom stereocenters. The zero-order valence-electron chi connectivity index (χ0n) is 7.20. The first kappa shape index (κ1) is 9.85. The van der Waals surface area contributed by atoms with Crippen molar-refractivity contribution in [2.75, 3.05) is 14.2 Å². The molecular weight excluding hydrogens is 162 g/mol. The van der Waals surface area contributed by atoms with E-state index in [4.69, 9.17) is 14.7 Å². The van der Waals surface area contributed by atoms with E-state index >= 15 is 0 Å². The number of hydroxylamine groups is 1. The van der Waals surface area contributed by atoms with Gasteiger partial charge >= 0.3 is 0 Å². The lowest BCUT2D eigenvalue weighted by Gasteiger charge is -2.34. The minimum Gasteiger partial charge on any atom is -0.366 e. The lowest BCUT2D eigenvalue weighted by molar-refractivity contribution is -0.0818.